The zero-order chi connectivity index (χ0) is 13.0. The predicted molar refractivity (Wildman–Crippen MR) is 79.8 cm³/mol. The van der Waals surface area contributed by atoms with Gasteiger partial charge in [0, 0.05) is 13.1 Å². The molecule has 1 heteroatoms. The Kier molecular flexibility index (Phi) is 5.12. The van der Waals surface area contributed by atoms with E-state index in [1.165, 1.54) is 71.0 Å². The minimum absolute atomic E-state index is 0.525. The van der Waals surface area contributed by atoms with Gasteiger partial charge in [0.2, 0.25) is 0 Å². The van der Waals surface area contributed by atoms with Crippen molar-refractivity contribution in [1.82, 2.24) is 4.90 Å². The molecule has 1 nitrogen and oxygen atoms in total. The van der Waals surface area contributed by atoms with Crippen LogP contribution in [0.4, 0.5) is 0 Å². The third-order valence-corrected chi connectivity index (χ3v) is 4.91. The van der Waals surface area contributed by atoms with Gasteiger partial charge in [-0.1, -0.05) is 40.0 Å². The fourth-order valence-corrected chi connectivity index (χ4v) is 3.69. The van der Waals surface area contributed by atoms with Gasteiger partial charge in [-0.2, -0.15) is 0 Å². The molecule has 1 atom stereocenters. The smallest absolute Gasteiger partial charge is 0.00103 e. The number of nitrogens with zero attached hydrogens (tertiary/aromatic N) is 1. The molecule has 0 aromatic heterocycles. The van der Waals surface area contributed by atoms with E-state index in [1.54, 1.807) is 0 Å². The molecule has 0 N–H and O–H groups in total. The molecule has 0 bridgehead atoms. The summed E-state index contributed by atoms with van der Waals surface area (Å²) in [6.07, 6.45) is 11.8. The van der Waals surface area contributed by atoms with Crippen LogP contribution in [0, 0.1) is 17.3 Å². The molecule has 1 unspecified atom stereocenters. The van der Waals surface area contributed by atoms with Crippen molar-refractivity contribution >= 4 is 0 Å². The average molecular weight is 251 g/mol. The maximum atomic E-state index is 2.77. The summed E-state index contributed by atoms with van der Waals surface area (Å²) in [4.78, 5) is 2.77. The summed E-state index contributed by atoms with van der Waals surface area (Å²) in [7, 11) is 0. The summed E-state index contributed by atoms with van der Waals surface area (Å²) in [6, 6.07) is 0. The van der Waals surface area contributed by atoms with Crippen molar-refractivity contribution in [3.8, 4) is 0 Å². The van der Waals surface area contributed by atoms with Crippen LogP contribution in [0.5, 0.6) is 0 Å². The molecule has 1 aliphatic carbocycles. The molecule has 1 saturated carbocycles. The highest BCUT2D eigenvalue weighted by Gasteiger charge is 2.26. The number of hydrogen-bond donors (Lipinski definition) is 0. The molecule has 2 fully saturated rings. The fraction of sp³-hybridized carbons (Fsp3) is 1.00. The highest BCUT2D eigenvalue weighted by Crippen LogP contribution is 2.30. The molecule has 1 aliphatic heterocycles. The van der Waals surface area contributed by atoms with E-state index in [2.05, 4.69) is 25.7 Å². The van der Waals surface area contributed by atoms with Gasteiger partial charge in [-0.15, -0.1) is 0 Å². The van der Waals surface area contributed by atoms with Gasteiger partial charge in [-0.25, -0.2) is 0 Å². The minimum atomic E-state index is 0.525. The Balaban J connectivity index is 1.65. The second-order valence-corrected chi connectivity index (χ2v) is 8.02. The Labute approximate surface area is 114 Å². The monoisotopic (exact) mass is 251 g/mol. The van der Waals surface area contributed by atoms with Crippen LogP contribution < -0.4 is 0 Å². The molecule has 1 heterocycles. The lowest BCUT2D eigenvalue weighted by Gasteiger charge is -2.27. The summed E-state index contributed by atoms with van der Waals surface area (Å²) >= 11 is 0. The van der Waals surface area contributed by atoms with E-state index in [-0.39, 0.29) is 0 Å². The summed E-state index contributed by atoms with van der Waals surface area (Å²) in [5.41, 5.74) is 0.525. The van der Waals surface area contributed by atoms with Gasteiger partial charge in [-0.05, 0) is 55.9 Å². The number of likely N-dealkylation sites (tertiary alicyclic amines) is 1. The largest absolute Gasteiger partial charge is 0.303 e. The van der Waals surface area contributed by atoms with Crippen LogP contribution in [0.2, 0.25) is 0 Å². The van der Waals surface area contributed by atoms with Crippen molar-refractivity contribution < 1.29 is 0 Å². The van der Waals surface area contributed by atoms with Crippen LogP contribution in [0.25, 0.3) is 0 Å². The minimum Gasteiger partial charge on any atom is -0.303 e. The molecule has 0 radical (unpaired) electrons. The lowest BCUT2D eigenvalue weighted by molar-refractivity contribution is 0.224. The third-order valence-electron chi connectivity index (χ3n) is 4.91. The SMILES string of the molecule is CC(C)(C)CCC1CCN(CC2CCCCC2)C1. The second-order valence-electron chi connectivity index (χ2n) is 8.02. The number of rotatable bonds is 4. The second kappa shape index (κ2) is 6.41. The van der Waals surface area contributed by atoms with E-state index in [1.807, 2.05) is 0 Å². The van der Waals surface area contributed by atoms with E-state index >= 15 is 0 Å². The summed E-state index contributed by atoms with van der Waals surface area (Å²) < 4.78 is 0. The van der Waals surface area contributed by atoms with Gasteiger partial charge in [-0.3, -0.25) is 0 Å². The van der Waals surface area contributed by atoms with Gasteiger partial charge in [0.15, 0.2) is 0 Å². The Hall–Kier alpha value is -0.0400. The predicted octanol–water partition coefficient (Wildman–Crippen LogP) is 4.71. The van der Waals surface area contributed by atoms with E-state index < -0.39 is 0 Å². The van der Waals surface area contributed by atoms with Crippen LogP contribution in [0.15, 0.2) is 0 Å². The van der Waals surface area contributed by atoms with Crippen LogP contribution >= 0.6 is 0 Å². The Morgan fingerprint density at radius 1 is 0.944 bits per heavy atom. The van der Waals surface area contributed by atoms with Gasteiger partial charge in [0.1, 0.15) is 0 Å². The van der Waals surface area contributed by atoms with Crippen LogP contribution in [-0.2, 0) is 0 Å². The van der Waals surface area contributed by atoms with Crippen molar-refractivity contribution in [3.05, 3.63) is 0 Å². The fourth-order valence-electron chi connectivity index (χ4n) is 3.69. The zero-order valence-corrected chi connectivity index (χ0v) is 12.9. The maximum Gasteiger partial charge on any atom is 0.00103 e. The molecule has 2 aliphatic rings. The molecule has 18 heavy (non-hydrogen) atoms. The summed E-state index contributed by atoms with van der Waals surface area (Å²) in [5.74, 6) is 2.02. The first kappa shape index (κ1) is 14.4. The Bertz CT molecular complexity index is 234. The van der Waals surface area contributed by atoms with Crippen molar-refractivity contribution in [3.63, 3.8) is 0 Å². The lowest BCUT2D eigenvalue weighted by atomic mass is 9.86. The van der Waals surface area contributed by atoms with Crippen LogP contribution in [0.3, 0.4) is 0 Å². The molecule has 0 spiro atoms. The van der Waals surface area contributed by atoms with Gasteiger partial charge < -0.3 is 4.90 Å². The van der Waals surface area contributed by atoms with Gasteiger partial charge in [0.25, 0.3) is 0 Å². The molecule has 0 aromatic carbocycles. The first-order chi connectivity index (χ1) is 8.53. The average Bonchev–Trinajstić information content (AvgIpc) is 2.75. The first-order valence-electron chi connectivity index (χ1n) is 8.25. The molecule has 0 aromatic rings. The normalized spacial score (nSPS) is 27.8. The highest BCUT2D eigenvalue weighted by molar-refractivity contribution is 4.80. The van der Waals surface area contributed by atoms with Crippen molar-refractivity contribution in [2.45, 2.75) is 72.1 Å². The topological polar surface area (TPSA) is 3.24 Å². The van der Waals surface area contributed by atoms with Crippen molar-refractivity contribution in [2.75, 3.05) is 19.6 Å². The Morgan fingerprint density at radius 3 is 2.33 bits per heavy atom. The van der Waals surface area contributed by atoms with Crippen molar-refractivity contribution in [2.24, 2.45) is 17.3 Å². The van der Waals surface area contributed by atoms with Crippen molar-refractivity contribution in [1.29, 1.82) is 0 Å². The standard InChI is InChI=1S/C17H33N/c1-17(2,3)11-9-16-10-12-18(14-16)13-15-7-5-4-6-8-15/h15-16H,4-14H2,1-3H3. The quantitative estimate of drug-likeness (QED) is 0.699. The van der Waals surface area contributed by atoms with Gasteiger partial charge in [0.05, 0.1) is 0 Å². The zero-order valence-electron chi connectivity index (χ0n) is 12.9. The Morgan fingerprint density at radius 2 is 1.67 bits per heavy atom. The number of hydrogen-bond acceptors (Lipinski definition) is 1. The third kappa shape index (κ3) is 4.91. The molecular weight excluding hydrogens is 218 g/mol. The summed E-state index contributed by atoms with van der Waals surface area (Å²) in [6.45, 7) is 11.3. The summed E-state index contributed by atoms with van der Waals surface area (Å²) in [5, 5.41) is 0. The maximum absolute atomic E-state index is 2.77. The van der Waals surface area contributed by atoms with Crippen LogP contribution in [-0.4, -0.2) is 24.5 Å². The molecule has 1 saturated heterocycles. The highest BCUT2D eigenvalue weighted by atomic mass is 15.1. The van der Waals surface area contributed by atoms with E-state index in [0.29, 0.717) is 5.41 Å². The molecular formula is C17H33N. The van der Waals surface area contributed by atoms with Crippen LogP contribution in [0.1, 0.15) is 72.1 Å². The lowest BCUT2D eigenvalue weighted by Crippen LogP contribution is -2.28. The van der Waals surface area contributed by atoms with E-state index in [4.69, 9.17) is 0 Å². The molecule has 0 amide bonds. The first-order valence-corrected chi connectivity index (χ1v) is 8.25. The molecule has 2 rings (SSSR count). The molecule has 106 valence electrons. The van der Waals surface area contributed by atoms with Gasteiger partial charge >= 0.3 is 0 Å². The van der Waals surface area contributed by atoms with E-state index in [9.17, 15) is 0 Å². The van der Waals surface area contributed by atoms with E-state index in [0.717, 1.165) is 11.8 Å².